The van der Waals surface area contributed by atoms with E-state index in [4.69, 9.17) is 0 Å². The number of hydrogen-bond acceptors (Lipinski definition) is 4. The predicted octanol–water partition coefficient (Wildman–Crippen LogP) is 3.03. The van der Waals surface area contributed by atoms with Crippen LogP contribution in [0.5, 0.6) is 0 Å². The fourth-order valence-electron chi connectivity index (χ4n) is 3.07. The second kappa shape index (κ2) is 5.77. The van der Waals surface area contributed by atoms with Crippen molar-refractivity contribution in [3.8, 4) is 11.3 Å². The van der Waals surface area contributed by atoms with Crippen molar-refractivity contribution in [1.29, 1.82) is 0 Å². The highest BCUT2D eigenvalue weighted by molar-refractivity contribution is 5.95. The van der Waals surface area contributed by atoms with E-state index in [1.807, 2.05) is 42.8 Å². The molecule has 2 heterocycles. The number of fused-ring (bicyclic) bond motifs is 1. The highest BCUT2D eigenvalue weighted by atomic mass is 19.1. The van der Waals surface area contributed by atoms with Gasteiger partial charge in [-0.3, -0.25) is 4.68 Å². The van der Waals surface area contributed by atoms with Gasteiger partial charge in [0.2, 0.25) is 0 Å². The van der Waals surface area contributed by atoms with Gasteiger partial charge in [-0.1, -0.05) is 29.8 Å². The van der Waals surface area contributed by atoms with Crippen LogP contribution in [0.2, 0.25) is 0 Å². The van der Waals surface area contributed by atoms with Crippen LogP contribution in [0, 0.1) is 19.7 Å². The number of hydrogen-bond donors (Lipinski definition) is 0. The molecule has 2 aromatic heterocycles. The molecule has 4 aromatic rings. The Kier molecular flexibility index (Phi) is 3.56. The molecule has 0 radical (unpaired) electrons. The maximum Gasteiger partial charge on any atom is 0.196 e. The zero-order valence-corrected chi connectivity index (χ0v) is 14.2. The number of aromatic nitrogens is 6. The standard InChI is InChI=1S/C18H17FN6/c1-11-7-8-15(19)14(9-11)17-13-6-4-5-12(2)18(13)25(22-17)10-16-20-23-24(3)21-16/h4-9H,10H2,1-3H3. The Morgan fingerprint density at radius 1 is 1.08 bits per heavy atom. The number of benzene rings is 2. The summed E-state index contributed by atoms with van der Waals surface area (Å²) in [5, 5.41) is 17.7. The molecule has 0 saturated heterocycles. The van der Waals surface area contributed by atoms with Crippen LogP contribution in [-0.2, 0) is 13.6 Å². The van der Waals surface area contributed by atoms with Crippen molar-refractivity contribution >= 4 is 10.9 Å². The highest BCUT2D eigenvalue weighted by Crippen LogP contribution is 2.32. The summed E-state index contributed by atoms with van der Waals surface area (Å²) in [6, 6.07) is 11.0. The molecule has 126 valence electrons. The van der Waals surface area contributed by atoms with Gasteiger partial charge < -0.3 is 0 Å². The number of para-hydroxylation sites is 1. The summed E-state index contributed by atoms with van der Waals surface area (Å²) in [6.07, 6.45) is 0. The maximum absolute atomic E-state index is 14.4. The van der Waals surface area contributed by atoms with Gasteiger partial charge in [0.05, 0.1) is 12.6 Å². The van der Waals surface area contributed by atoms with Crippen LogP contribution in [0.3, 0.4) is 0 Å². The van der Waals surface area contributed by atoms with Crippen molar-refractivity contribution < 1.29 is 4.39 Å². The lowest BCUT2D eigenvalue weighted by molar-refractivity contribution is 0.620. The normalized spacial score (nSPS) is 11.4. The van der Waals surface area contributed by atoms with Crippen LogP contribution in [0.1, 0.15) is 17.0 Å². The number of nitrogens with zero attached hydrogens (tertiary/aromatic N) is 6. The summed E-state index contributed by atoms with van der Waals surface area (Å²) in [4.78, 5) is 1.41. The minimum Gasteiger partial charge on any atom is -0.256 e. The first-order valence-corrected chi connectivity index (χ1v) is 7.98. The van der Waals surface area contributed by atoms with E-state index in [1.165, 1.54) is 10.9 Å². The third-order valence-corrected chi connectivity index (χ3v) is 4.19. The van der Waals surface area contributed by atoms with Crippen molar-refractivity contribution in [2.45, 2.75) is 20.4 Å². The Balaban J connectivity index is 1.94. The van der Waals surface area contributed by atoms with E-state index >= 15 is 0 Å². The first kappa shape index (κ1) is 15.4. The van der Waals surface area contributed by atoms with E-state index < -0.39 is 0 Å². The Labute approximate surface area is 143 Å². The number of halogens is 1. The molecular weight excluding hydrogens is 319 g/mol. The summed E-state index contributed by atoms with van der Waals surface area (Å²) < 4.78 is 16.3. The van der Waals surface area contributed by atoms with Crippen LogP contribution >= 0.6 is 0 Å². The van der Waals surface area contributed by atoms with Gasteiger partial charge in [-0.15, -0.1) is 10.2 Å². The largest absolute Gasteiger partial charge is 0.256 e. The molecule has 0 spiro atoms. The Hall–Kier alpha value is -3.09. The molecule has 0 unspecified atom stereocenters. The van der Waals surface area contributed by atoms with Crippen LogP contribution in [0.4, 0.5) is 4.39 Å². The monoisotopic (exact) mass is 336 g/mol. The van der Waals surface area contributed by atoms with E-state index in [9.17, 15) is 4.39 Å². The lowest BCUT2D eigenvalue weighted by Crippen LogP contribution is -2.05. The van der Waals surface area contributed by atoms with Crippen molar-refractivity contribution in [1.82, 2.24) is 30.0 Å². The summed E-state index contributed by atoms with van der Waals surface area (Å²) in [5.41, 5.74) is 4.13. The van der Waals surface area contributed by atoms with E-state index in [0.29, 0.717) is 23.6 Å². The van der Waals surface area contributed by atoms with Gasteiger partial charge in [-0.05, 0) is 36.8 Å². The Morgan fingerprint density at radius 3 is 2.68 bits per heavy atom. The molecule has 6 nitrogen and oxygen atoms in total. The third-order valence-electron chi connectivity index (χ3n) is 4.19. The molecule has 0 atom stereocenters. The Bertz CT molecular complexity index is 1080. The fraction of sp³-hybridized carbons (Fsp3) is 0.222. The topological polar surface area (TPSA) is 61.4 Å². The highest BCUT2D eigenvalue weighted by Gasteiger charge is 2.18. The molecule has 0 aliphatic heterocycles. The predicted molar refractivity (Wildman–Crippen MR) is 92.5 cm³/mol. The third kappa shape index (κ3) is 2.67. The van der Waals surface area contributed by atoms with Crippen molar-refractivity contribution in [2.75, 3.05) is 0 Å². The average molecular weight is 336 g/mol. The molecule has 4 rings (SSSR count). The summed E-state index contributed by atoms with van der Waals surface area (Å²) in [6.45, 7) is 4.33. The number of rotatable bonds is 3. The maximum atomic E-state index is 14.4. The van der Waals surface area contributed by atoms with Crippen LogP contribution < -0.4 is 0 Å². The van der Waals surface area contributed by atoms with Gasteiger partial charge in [0.15, 0.2) is 5.82 Å². The minimum absolute atomic E-state index is 0.281. The summed E-state index contributed by atoms with van der Waals surface area (Å²) in [5.74, 6) is 0.280. The van der Waals surface area contributed by atoms with Gasteiger partial charge in [0.25, 0.3) is 0 Å². The van der Waals surface area contributed by atoms with Crippen molar-refractivity contribution in [3.63, 3.8) is 0 Å². The first-order valence-electron chi connectivity index (χ1n) is 7.98. The molecular formula is C18H17FN6. The molecule has 0 fully saturated rings. The van der Waals surface area contributed by atoms with E-state index in [1.54, 1.807) is 13.1 Å². The molecule has 0 saturated carbocycles. The lowest BCUT2D eigenvalue weighted by Gasteiger charge is -2.02. The summed E-state index contributed by atoms with van der Waals surface area (Å²) in [7, 11) is 1.72. The minimum atomic E-state index is -0.281. The molecule has 25 heavy (non-hydrogen) atoms. The molecule has 0 aliphatic carbocycles. The van der Waals surface area contributed by atoms with Gasteiger partial charge >= 0.3 is 0 Å². The molecule has 0 aliphatic rings. The fourth-order valence-corrected chi connectivity index (χ4v) is 3.07. The molecule has 7 heteroatoms. The Morgan fingerprint density at radius 2 is 1.92 bits per heavy atom. The van der Waals surface area contributed by atoms with E-state index in [0.717, 1.165) is 22.0 Å². The van der Waals surface area contributed by atoms with Crippen LogP contribution in [-0.4, -0.2) is 30.0 Å². The quantitative estimate of drug-likeness (QED) is 0.577. The molecule has 2 aromatic carbocycles. The second-order valence-electron chi connectivity index (χ2n) is 6.16. The van der Waals surface area contributed by atoms with Gasteiger partial charge in [0.1, 0.15) is 18.1 Å². The first-order chi connectivity index (χ1) is 12.0. The molecule has 0 N–H and O–H groups in total. The van der Waals surface area contributed by atoms with Gasteiger partial charge in [-0.25, -0.2) is 4.39 Å². The van der Waals surface area contributed by atoms with Crippen LogP contribution in [0.25, 0.3) is 22.2 Å². The van der Waals surface area contributed by atoms with E-state index in [-0.39, 0.29) is 5.82 Å². The molecule has 0 amide bonds. The lowest BCUT2D eigenvalue weighted by atomic mass is 10.0. The average Bonchev–Trinajstić information content (AvgIpc) is 3.15. The van der Waals surface area contributed by atoms with E-state index in [2.05, 4.69) is 20.5 Å². The number of tetrazole rings is 1. The van der Waals surface area contributed by atoms with Crippen LogP contribution in [0.15, 0.2) is 36.4 Å². The zero-order valence-electron chi connectivity index (χ0n) is 14.2. The molecule has 0 bridgehead atoms. The van der Waals surface area contributed by atoms with Crippen molar-refractivity contribution in [2.24, 2.45) is 7.05 Å². The summed E-state index contributed by atoms with van der Waals surface area (Å²) >= 11 is 0. The SMILES string of the molecule is Cc1ccc(F)c(-c2nn(Cc3nnn(C)n3)c3c(C)cccc23)c1. The zero-order chi connectivity index (χ0) is 17.6. The smallest absolute Gasteiger partial charge is 0.196 e. The number of aryl methyl sites for hydroxylation is 3. The van der Waals surface area contributed by atoms with Gasteiger partial charge in [0, 0.05) is 10.9 Å². The second-order valence-corrected chi connectivity index (χ2v) is 6.16. The van der Waals surface area contributed by atoms with Crippen molar-refractivity contribution in [3.05, 3.63) is 59.2 Å². The van der Waals surface area contributed by atoms with Gasteiger partial charge in [-0.2, -0.15) is 9.90 Å².